The van der Waals surface area contributed by atoms with Crippen molar-refractivity contribution in [2.45, 2.75) is 52.2 Å². The molecule has 0 bridgehead atoms. The zero-order chi connectivity index (χ0) is 19.4. The van der Waals surface area contributed by atoms with Crippen molar-refractivity contribution >= 4 is 45.9 Å². The number of aliphatic imine (C=N–C) groups is 1. The molecule has 0 radical (unpaired) electrons. The Morgan fingerprint density at radius 2 is 2.00 bits per heavy atom. The lowest BCUT2D eigenvalue weighted by atomic mass is 10.1. The molecule has 2 N–H and O–H groups in total. The van der Waals surface area contributed by atoms with E-state index in [2.05, 4.69) is 20.5 Å². The largest absolute Gasteiger partial charge is 0.444 e. The quantitative estimate of drug-likeness (QED) is 0.335. The van der Waals surface area contributed by atoms with Gasteiger partial charge in [0.15, 0.2) is 15.8 Å². The summed E-state index contributed by atoms with van der Waals surface area (Å²) in [6.07, 6.45) is 1.11. The molecule has 0 aromatic carbocycles. The minimum Gasteiger partial charge on any atom is -0.444 e. The predicted octanol–water partition coefficient (Wildman–Crippen LogP) is 1.60. The third-order valence-electron chi connectivity index (χ3n) is 4.37. The number of carbonyl (C=O) groups excluding carboxylic acids is 1. The Hall–Kier alpha value is -0.780. The second-order valence-electron chi connectivity index (χ2n) is 8.04. The van der Waals surface area contributed by atoms with Crippen LogP contribution in [0.4, 0.5) is 4.79 Å². The van der Waals surface area contributed by atoms with Gasteiger partial charge in [0.1, 0.15) is 5.60 Å². The highest BCUT2D eigenvalue weighted by atomic mass is 127. The van der Waals surface area contributed by atoms with Crippen molar-refractivity contribution in [3.63, 3.8) is 0 Å². The molecule has 10 heteroatoms. The van der Waals surface area contributed by atoms with Gasteiger partial charge in [0.25, 0.3) is 0 Å². The zero-order valence-electron chi connectivity index (χ0n) is 16.7. The van der Waals surface area contributed by atoms with Crippen LogP contribution in [0.25, 0.3) is 0 Å². The average Bonchev–Trinajstić information content (AvgIpc) is 3.08. The number of hydrogen-bond acceptors (Lipinski definition) is 5. The van der Waals surface area contributed by atoms with Crippen LogP contribution in [0.15, 0.2) is 4.99 Å². The van der Waals surface area contributed by atoms with Gasteiger partial charge < -0.3 is 20.3 Å². The highest BCUT2D eigenvalue weighted by molar-refractivity contribution is 14.0. The van der Waals surface area contributed by atoms with E-state index in [1.165, 1.54) is 0 Å². The van der Waals surface area contributed by atoms with Crippen LogP contribution in [0.3, 0.4) is 0 Å². The molecule has 1 amide bonds. The molecule has 0 saturated carbocycles. The molecule has 2 aliphatic rings. The standard InChI is InChI=1S/C17H32N4O4S.HI/c1-5-18-15(19-10-13-7-9-26(23,24)12-13)21-8-6-14(11-21)20-16(22)25-17(2,3)4;/h13-14H,5-12H2,1-4H3,(H,18,19)(H,20,22);1H. The fraction of sp³-hybridized carbons (Fsp3) is 0.882. The highest BCUT2D eigenvalue weighted by Crippen LogP contribution is 2.19. The van der Waals surface area contributed by atoms with Crippen LogP contribution in [-0.4, -0.2) is 74.7 Å². The summed E-state index contributed by atoms with van der Waals surface area (Å²) < 4.78 is 28.5. The fourth-order valence-electron chi connectivity index (χ4n) is 3.20. The molecule has 0 aromatic heterocycles. The van der Waals surface area contributed by atoms with Gasteiger partial charge in [-0.3, -0.25) is 4.99 Å². The van der Waals surface area contributed by atoms with Crippen molar-refractivity contribution in [3.05, 3.63) is 0 Å². The molecule has 27 heavy (non-hydrogen) atoms. The molecule has 2 aliphatic heterocycles. The number of likely N-dealkylation sites (tertiary alicyclic amines) is 1. The first-order valence-corrected chi connectivity index (χ1v) is 11.1. The molecule has 0 spiro atoms. The van der Waals surface area contributed by atoms with Gasteiger partial charge in [-0.2, -0.15) is 0 Å². The number of sulfone groups is 1. The molecular formula is C17H33IN4O4S. The van der Waals surface area contributed by atoms with Crippen molar-refractivity contribution < 1.29 is 17.9 Å². The maximum absolute atomic E-state index is 11.9. The summed E-state index contributed by atoms with van der Waals surface area (Å²) in [5.74, 6) is 1.39. The fourth-order valence-corrected chi connectivity index (χ4v) is 5.05. The normalized spacial score (nSPS) is 25.0. The molecule has 2 unspecified atom stereocenters. The summed E-state index contributed by atoms with van der Waals surface area (Å²) in [5.41, 5.74) is -0.514. The van der Waals surface area contributed by atoms with Crippen molar-refractivity contribution in [1.82, 2.24) is 15.5 Å². The minimum atomic E-state index is -2.88. The second-order valence-corrected chi connectivity index (χ2v) is 10.3. The van der Waals surface area contributed by atoms with E-state index in [-0.39, 0.29) is 47.4 Å². The van der Waals surface area contributed by atoms with Crippen LogP contribution < -0.4 is 10.6 Å². The van der Waals surface area contributed by atoms with Gasteiger partial charge in [-0.1, -0.05) is 0 Å². The van der Waals surface area contributed by atoms with Gasteiger partial charge in [0.05, 0.1) is 17.5 Å². The Kier molecular flexibility index (Phi) is 9.10. The van der Waals surface area contributed by atoms with E-state index in [1.807, 2.05) is 27.7 Å². The van der Waals surface area contributed by atoms with Crippen LogP contribution in [0.5, 0.6) is 0 Å². The van der Waals surface area contributed by atoms with Crippen LogP contribution in [0.2, 0.25) is 0 Å². The van der Waals surface area contributed by atoms with Gasteiger partial charge in [-0.15, -0.1) is 24.0 Å². The molecule has 0 aromatic rings. The Bertz CT molecular complexity index is 633. The monoisotopic (exact) mass is 516 g/mol. The Balaban J connectivity index is 0.00000364. The number of nitrogens with one attached hydrogen (secondary N) is 2. The van der Waals surface area contributed by atoms with Crippen LogP contribution in [0, 0.1) is 5.92 Å². The molecule has 2 heterocycles. The van der Waals surface area contributed by atoms with Gasteiger partial charge in [0.2, 0.25) is 0 Å². The number of guanidine groups is 1. The molecule has 2 fully saturated rings. The van der Waals surface area contributed by atoms with E-state index in [0.29, 0.717) is 19.5 Å². The summed E-state index contributed by atoms with van der Waals surface area (Å²) in [5, 5.41) is 6.17. The maximum atomic E-state index is 11.9. The topological polar surface area (TPSA) is 100 Å². The van der Waals surface area contributed by atoms with Crippen LogP contribution in [0.1, 0.15) is 40.5 Å². The molecule has 2 saturated heterocycles. The first-order chi connectivity index (χ1) is 12.1. The summed E-state index contributed by atoms with van der Waals surface area (Å²) in [6, 6.07) is 0.0144. The number of alkyl carbamates (subject to hydrolysis) is 1. The molecule has 8 nitrogen and oxygen atoms in total. The Labute approximate surface area is 179 Å². The van der Waals surface area contributed by atoms with Gasteiger partial charge >= 0.3 is 6.09 Å². The maximum Gasteiger partial charge on any atom is 0.407 e. The van der Waals surface area contributed by atoms with Crippen LogP contribution >= 0.6 is 24.0 Å². The molecule has 2 atom stereocenters. The van der Waals surface area contributed by atoms with E-state index < -0.39 is 21.5 Å². The molecular weight excluding hydrogens is 483 g/mol. The van der Waals surface area contributed by atoms with E-state index in [1.54, 1.807) is 0 Å². The summed E-state index contributed by atoms with van der Waals surface area (Å²) in [6.45, 7) is 10.2. The third-order valence-corrected chi connectivity index (χ3v) is 6.21. The summed E-state index contributed by atoms with van der Waals surface area (Å²) in [4.78, 5) is 18.7. The summed E-state index contributed by atoms with van der Waals surface area (Å²) >= 11 is 0. The van der Waals surface area contributed by atoms with Crippen LogP contribution in [-0.2, 0) is 14.6 Å². The number of halogens is 1. The zero-order valence-corrected chi connectivity index (χ0v) is 19.8. The minimum absolute atomic E-state index is 0. The average molecular weight is 516 g/mol. The lowest BCUT2D eigenvalue weighted by molar-refractivity contribution is 0.0507. The Morgan fingerprint density at radius 3 is 2.56 bits per heavy atom. The van der Waals surface area contributed by atoms with E-state index in [0.717, 1.165) is 25.5 Å². The highest BCUT2D eigenvalue weighted by Gasteiger charge is 2.30. The number of hydrogen-bond donors (Lipinski definition) is 2. The van der Waals surface area contributed by atoms with Crippen molar-refractivity contribution in [2.75, 3.05) is 37.7 Å². The smallest absolute Gasteiger partial charge is 0.407 e. The third kappa shape index (κ3) is 8.41. The Morgan fingerprint density at radius 1 is 1.30 bits per heavy atom. The first-order valence-electron chi connectivity index (χ1n) is 9.31. The number of carbonyl (C=O) groups is 1. The van der Waals surface area contributed by atoms with E-state index in [9.17, 15) is 13.2 Å². The number of amides is 1. The lowest BCUT2D eigenvalue weighted by Gasteiger charge is -2.23. The van der Waals surface area contributed by atoms with E-state index in [4.69, 9.17) is 4.74 Å². The van der Waals surface area contributed by atoms with Gasteiger partial charge in [-0.25, -0.2) is 13.2 Å². The second kappa shape index (κ2) is 10.1. The lowest BCUT2D eigenvalue weighted by Crippen LogP contribution is -2.44. The SMILES string of the molecule is CCNC(=NCC1CCS(=O)(=O)C1)N1CCC(NC(=O)OC(C)(C)C)C1.I. The first kappa shape index (κ1) is 24.3. The van der Waals surface area contributed by atoms with Gasteiger partial charge in [-0.05, 0) is 46.5 Å². The van der Waals surface area contributed by atoms with E-state index >= 15 is 0 Å². The molecule has 2 rings (SSSR count). The number of rotatable bonds is 4. The van der Waals surface area contributed by atoms with Gasteiger partial charge in [0, 0.05) is 26.2 Å². The predicted molar refractivity (Wildman–Crippen MR) is 118 cm³/mol. The molecule has 158 valence electrons. The van der Waals surface area contributed by atoms with Crippen molar-refractivity contribution in [2.24, 2.45) is 10.9 Å². The van der Waals surface area contributed by atoms with Crippen molar-refractivity contribution in [1.29, 1.82) is 0 Å². The number of nitrogens with zero attached hydrogens (tertiary/aromatic N) is 2. The summed E-state index contributed by atoms with van der Waals surface area (Å²) in [7, 11) is -2.88. The molecule has 0 aliphatic carbocycles. The van der Waals surface area contributed by atoms with Crippen molar-refractivity contribution in [3.8, 4) is 0 Å². The number of ether oxygens (including phenoxy) is 1.